The minimum Gasteiger partial charge on any atom is -0.393 e. The smallest absolute Gasteiger partial charge is 0.0605 e. The molecule has 4 fully saturated rings. The van der Waals surface area contributed by atoms with Crippen molar-refractivity contribution in [2.75, 3.05) is 0 Å². The third-order valence-electron chi connectivity index (χ3n) is 13.4. The first-order valence-electron chi connectivity index (χ1n) is 13.8. The third-order valence-corrected chi connectivity index (χ3v) is 13.4. The van der Waals surface area contributed by atoms with Crippen LogP contribution < -0.4 is 0 Å². The Bertz CT molecular complexity index is 814. The number of hydrogen-bond acceptors (Lipinski definition) is 2. The summed E-state index contributed by atoms with van der Waals surface area (Å²) in [7, 11) is 0. The number of fused-ring (bicyclic) bond motifs is 7. The Kier molecular flexibility index (Phi) is 5.02. The highest BCUT2D eigenvalue weighted by Gasteiger charge is 2.69. The zero-order valence-corrected chi connectivity index (χ0v) is 22.2. The van der Waals surface area contributed by atoms with Crippen molar-refractivity contribution in [3.63, 3.8) is 0 Å². The Balaban J connectivity index is 1.61. The third kappa shape index (κ3) is 2.61. The maximum absolute atomic E-state index is 11.7. The van der Waals surface area contributed by atoms with Gasteiger partial charge in [0, 0.05) is 0 Å². The van der Waals surface area contributed by atoms with E-state index in [1.165, 1.54) is 25.7 Å². The van der Waals surface area contributed by atoms with Gasteiger partial charge >= 0.3 is 0 Å². The van der Waals surface area contributed by atoms with E-state index in [9.17, 15) is 10.2 Å². The van der Waals surface area contributed by atoms with Crippen LogP contribution in [0.4, 0.5) is 0 Å². The van der Waals surface area contributed by atoms with Crippen molar-refractivity contribution >= 4 is 0 Å². The maximum Gasteiger partial charge on any atom is 0.0605 e. The fourth-order valence-electron chi connectivity index (χ4n) is 11.0. The van der Waals surface area contributed by atoms with Crippen LogP contribution in [-0.4, -0.2) is 22.4 Å². The Hall–Kier alpha value is -0.340. The molecule has 0 aromatic carbocycles. The molecule has 5 aliphatic carbocycles. The molecule has 182 valence electrons. The quantitative estimate of drug-likeness (QED) is 0.397. The molecule has 5 aliphatic rings. The molecule has 11 atom stereocenters. The van der Waals surface area contributed by atoms with Crippen LogP contribution in [-0.2, 0) is 0 Å². The van der Waals surface area contributed by atoms with E-state index in [0.717, 1.165) is 31.6 Å². The van der Waals surface area contributed by atoms with Gasteiger partial charge in [-0.25, -0.2) is 0 Å². The van der Waals surface area contributed by atoms with Gasteiger partial charge in [-0.2, -0.15) is 0 Å². The minimum atomic E-state index is -0.199. The van der Waals surface area contributed by atoms with Gasteiger partial charge in [-0.05, 0) is 108 Å². The molecule has 0 amide bonds. The van der Waals surface area contributed by atoms with Gasteiger partial charge in [0.2, 0.25) is 0 Å². The molecule has 0 aromatic heterocycles. The standard InChI is InChI=1S/C30H50O2/c1-18-11-14-28(6)24(32)17-30(8)21-9-10-22-26(3,4)23(31)13-15-27(22,5)20(21)12-16-29(30,7)25(28)19(18)2/h9,18-20,22-25,31-32H,10-17H2,1-8H3/t18?,19?,20-,22-,23?,24?,25+,27+,28+,29-,30+/m0/s1. The fourth-order valence-corrected chi connectivity index (χ4v) is 11.0. The first-order chi connectivity index (χ1) is 14.7. The lowest BCUT2D eigenvalue weighted by Crippen LogP contribution is -2.67. The molecule has 0 spiro atoms. The van der Waals surface area contributed by atoms with Gasteiger partial charge in [-0.15, -0.1) is 0 Å². The van der Waals surface area contributed by atoms with E-state index in [4.69, 9.17) is 0 Å². The van der Waals surface area contributed by atoms with Crippen LogP contribution in [0.25, 0.3) is 0 Å². The number of aliphatic hydroxyl groups is 2. The Morgan fingerprint density at radius 3 is 2.16 bits per heavy atom. The van der Waals surface area contributed by atoms with E-state index in [1.807, 2.05) is 0 Å². The summed E-state index contributed by atoms with van der Waals surface area (Å²) in [4.78, 5) is 0. The van der Waals surface area contributed by atoms with Gasteiger partial charge < -0.3 is 10.2 Å². The van der Waals surface area contributed by atoms with Crippen molar-refractivity contribution in [1.82, 2.24) is 0 Å². The molecule has 0 aromatic rings. The van der Waals surface area contributed by atoms with E-state index >= 15 is 0 Å². The average Bonchev–Trinajstić information content (AvgIpc) is 2.71. The number of hydrogen-bond donors (Lipinski definition) is 2. The van der Waals surface area contributed by atoms with Crippen molar-refractivity contribution in [3.05, 3.63) is 11.6 Å². The molecule has 5 rings (SSSR count). The SMILES string of the molecule is CC1CC[C@]2(C)C(O)C[C@]3(C)C4=CC[C@H]5C(C)(C)C(O)CC[C@]5(C)[C@H]4CC[C@@]3(C)[C@@H]2C1C. The first kappa shape index (κ1) is 23.4. The normalized spacial score (nSPS) is 59.2. The first-order valence-corrected chi connectivity index (χ1v) is 13.8. The van der Waals surface area contributed by atoms with E-state index in [-0.39, 0.29) is 39.3 Å². The minimum absolute atomic E-state index is 0.0192. The van der Waals surface area contributed by atoms with Crippen LogP contribution in [0.3, 0.4) is 0 Å². The Morgan fingerprint density at radius 2 is 1.47 bits per heavy atom. The highest BCUT2D eigenvalue weighted by atomic mass is 16.3. The molecule has 0 bridgehead atoms. The summed E-state index contributed by atoms with van der Waals surface area (Å²) >= 11 is 0. The van der Waals surface area contributed by atoms with Gasteiger partial charge in [-0.1, -0.05) is 67.0 Å². The van der Waals surface area contributed by atoms with Crippen molar-refractivity contribution in [3.8, 4) is 0 Å². The van der Waals surface area contributed by atoms with Crippen molar-refractivity contribution in [1.29, 1.82) is 0 Å². The van der Waals surface area contributed by atoms with Crippen LogP contribution in [0.1, 0.15) is 107 Å². The molecule has 2 heteroatoms. The predicted molar refractivity (Wildman–Crippen MR) is 132 cm³/mol. The average molecular weight is 443 g/mol. The van der Waals surface area contributed by atoms with E-state index < -0.39 is 0 Å². The van der Waals surface area contributed by atoms with E-state index in [2.05, 4.69) is 61.5 Å². The second kappa shape index (κ2) is 6.87. The van der Waals surface area contributed by atoms with E-state index in [1.54, 1.807) is 5.57 Å². The summed E-state index contributed by atoms with van der Waals surface area (Å²) in [5.41, 5.74) is 2.35. The molecule has 0 aliphatic heterocycles. The van der Waals surface area contributed by atoms with Crippen LogP contribution >= 0.6 is 0 Å². The second-order valence-corrected chi connectivity index (χ2v) is 14.7. The molecular formula is C30H50O2. The van der Waals surface area contributed by atoms with Gasteiger partial charge in [0.05, 0.1) is 12.2 Å². The van der Waals surface area contributed by atoms with E-state index in [0.29, 0.717) is 23.7 Å². The number of aliphatic hydroxyl groups excluding tert-OH is 2. The van der Waals surface area contributed by atoms with Crippen LogP contribution in [0.5, 0.6) is 0 Å². The highest BCUT2D eigenvalue weighted by Crippen LogP contribution is 2.75. The molecular weight excluding hydrogens is 392 g/mol. The van der Waals surface area contributed by atoms with Gasteiger partial charge in [0.25, 0.3) is 0 Å². The van der Waals surface area contributed by atoms with Crippen molar-refractivity contribution in [2.24, 2.45) is 56.7 Å². The van der Waals surface area contributed by atoms with Gasteiger partial charge in [0.15, 0.2) is 0 Å². The van der Waals surface area contributed by atoms with Gasteiger partial charge in [0.1, 0.15) is 0 Å². The topological polar surface area (TPSA) is 40.5 Å². The lowest BCUT2D eigenvalue weighted by molar-refractivity contribution is -0.226. The monoisotopic (exact) mass is 442 g/mol. The summed E-state index contributed by atoms with van der Waals surface area (Å²) < 4.78 is 0. The fraction of sp³-hybridized carbons (Fsp3) is 0.933. The van der Waals surface area contributed by atoms with Crippen LogP contribution in [0.15, 0.2) is 11.6 Å². The summed E-state index contributed by atoms with van der Waals surface area (Å²) in [5.74, 6) is 3.16. The number of allylic oxidation sites excluding steroid dienone is 2. The summed E-state index contributed by atoms with van der Waals surface area (Å²) in [6.45, 7) is 19.7. The largest absolute Gasteiger partial charge is 0.393 e. The molecule has 2 N–H and O–H groups in total. The molecule has 4 unspecified atom stereocenters. The molecule has 4 saturated carbocycles. The van der Waals surface area contributed by atoms with Crippen molar-refractivity contribution in [2.45, 2.75) is 119 Å². The Morgan fingerprint density at radius 1 is 0.812 bits per heavy atom. The summed E-state index contributed by atoms with van der Waals surface area (Å²) in [6, 6.07) is 0. The summed E-state index contributed by atoms with van der Waals surface area (Å²) in [5, 5.41) is 22.6. The zero-order chi connectivity index (χ0) is 23.5. The molecule has 32 heavy (non-hydrogen) atoms. The van der Waals surface area contributed by atoms with Crippen LogP contribution in [0.2, 0.25) is 0 Å². The molecule has 0 radical (unpaired) electrons. The summed E-state index contributed by atoms with van der Waals surface area (Å²) in [6.07, 6.45) is 11.4. The lowest BCUT2D eigenvalue weighted by atomic mass is 9.33. The lowest BCUT2D eigenvalue weighted by Gasteiger charge is -2.72. The predicted octanol–water partition coefficient (Wildman–Crippen LogP) is 7.00. The zero-order valence-electron chi connectivity index (χ0n) is 22.2. The molecule has 2 nitrogen and oxygen atoms in total. The molecule has 0 heterocycles. The molecule has 0 saturated heterocycles. The Labute approximate surface area is 197 Å². The number of rotatable bonds is 0. The second-order valence-electron chi connectivity index (χ2n) is 14.7. The van der Waals surface area contributed by atoms with Crippen molar-refractivity contribution < 1.29 is 10.2 Å². The van der Waals surface area contributed by atoms with Crippen LogP contribution in [0, 0.1) is 56.7 Å². The van der Waals surface area contributed by atoms with Gasteiger partial charge in [-0.3, -0.25) is 0 Å². The highest BCUT2D eigenvalue weighted by molar-refractivity contribution is 5.34. The maximum atomic E-state index is 11.7.